The molecule has 0 atom stereocenters. The molecule has 0 aliphatic carbocycles. The highest BCUT2D eigenvalue weighted by atomic mass is 28.3. The van der Waals surface area contributed by atoms with Crippen LogP contribution in [0.15, 0.2) is 35.3 Å². The molecule has 0 amide bonds. The van der Waals surface area contributed by atoms with Crippen molar-refractivity contribution in [2.24, 2.45) is 0 Å². The van der Waals surface area contributed by atoms with Gasteiger partial charge in [0.05, 0.1) is 0 Å². The molecule has 0 saturated heterocycles. The van der Waals surface area contributed by atoms with Crippen LogP contribution in [0, 0.1) is 0 Å². The fraction of sp³-hybridized carbons (Fsp3) is 0.455. The van der Waals surface area contributed by atoms with Crippen LogP contribution in [0.1, 0.15) is 27.7 Å². The van der Waals surface area contributed by atoms with Crippen LogP contribution in [0.4, 0.5) is 0 Å². The van der Waals surface area contributed by atoms with Gasteiger partial charge in [0.2, 0.25) is 0 Å². The quantitative estimate of drug-likeness (QED) is 0.577. The smallest absolute Gasteiger partial charge is 0.0949 e. The Labute approximate surface area is 77.7 Å². The Kier molecular flexibility index (Phi) is 5.73. The lowest BCUT2D eigenvalue weighted by Crippen LogP contribution is -2.25. The molecule has 0 aliphatic rings. The van der Waals surface area contributed by atoms with Crippen LogP contribution in [0.3, 0.4) is 0 Å². The molecule has 0 aromatic heterocycles. The third-order valence-electron chi connectivity index (χ3n) is 2.04. The van der Waals surface area contributed by atoms with E-state index in [-0.39, 0.29) is 0 Å². The minimum Gasteiger partial charge on any atom is -0.0949 e. The third kappa shape index (κ3) is 3.22. The van der Waals surface area contributed by atoms with Crippen LogP contribution in [0.2, 0.25) is 6.04 Å². The highest BCUT2D eigenvalue weighted by Gasteiger charge is 2.19. The van der Waals surface area contributed by atoms with E-state index in [0.717, 1.165) is 0 Å². The monoisotopic (exact) mass is 180 g/mol. The first-order valence-corrected chi connectivity index (χ1v) is 7.10. The molecule has 0 aromatic rings. The second-order valence-corrected chi connectivity index (χ2v) is 6.90. The maximum atomic E-state index is 2.38. The number of allylic oxidation sites excluding steroid dienone is 3. The first-order chi connectivity index (χ1) is 5.74. The second kappa shape index (κ2) is 6.01. The molecule has 0 saturated carbocycles. The Hall–Kier alpha value is -0.563. The predicted octanol–water partition coefficient (Wildman–Crippen LogP) is 3.80. The SMILES string of the molecule is CC=C[Si](C=CC)(C=CC)CC. The summed E-state index contributed by atoms with van der Waals surface area (Å²) < 4.78 is 0. The average molecular weight is 180 g/mol. The summed E-state index contributed by atoms with van der Waals surface area (Å²) in [5.41, 5.74) is 7.15. The van der Waals surface area contributed by atoms with Crippen molar-refractivity contribution in [3.63, 3.8) is 0 Å². The fourth-order valence-electron chi connectivity index (χ4n) is 1.45. The van der Waals surface area contributed by atoms with Crippen LogP contribution in [0.5, 0.6) is 0 Å². The molecule has 0 spiro atoms. The zero-order valence-electron chi connectivity index (χ0n) is 8.67. The highest BCUT2D eigenvalue weighted by Crippen LogP contribution is 2.15. The molecule has 0 radical (unpaired) electrons. The van der Waals surface area contributed by atoms with Crippen molar-refractivity contribution in [2.75, 3.05) is 0 Å². The maximum absolute atomic E-state index is 2.38. The van der Waals surface area contributed by atoms with E-state index in [4.69, 9.17) is 0 Å². The second-order valence-electron chi connectivity index (χ2n) is 2.97. The zero-order chi connectivity index (χ0) is 9.45. The molecule has 0 fully saturated rings. The lowest BCUT2D eigenvalue weighted by Gasteiger charge is -2.17. The summed E-state index contributed by atoms with van der Waals surface area (Å²) in [7, 11) is -1.31. The number of hydrogen-bond donors (Lipinski definition) is 0. The minimum absolute atomic E-state index is 1.26. The Morgan fingerprint density at radius 3 is 1.33 bits per heavy atom. The Morgan fingerprint density at radius 2 is 1.17 bits per heavy atom. The number of rotatable bonds is 4. The van der Waals surface area contributed by atoms with Gasteiger partial charge < -0.3 is 0 Å². The van der Waals surface area contributed by atoms with Gasteiger partial charge in [-0.3, -0.25) is 0 Å². The van der Waals surface area contributed by atoms with Crippen molar-refractivity contribution in [3.8, 4) is 0 Å². The van der Waals surface area contributed by atoms with E-state index in [2.05, 4.69) is 63.0 Å². The van der Waals surface area contributed by atoms with Gasteiger partial charge in [-0.15, -0.1) is 0 Å². The molecule has 0 aromatic carbocycles. The summed E-state index contributed by atoms with van der Waals surface area (Å²) in [5, 5.41) is 0. The number of hydrogen-bond acceptors (Lipinski definition) is 0. The predicted molar refractivity (Wildman–Crippen MR) is 60.7 cm³/mol. The van der Waals surface area contributed by atoms with Crippen LogP contribution < -0.4 is 0 Å². The molecule has 0 N–H and O–H groups in total. The van der Waals surface area contributed by atoms with Crippen molar-refractivity contribution >= 4 is 8.07 Å². The van der Waals surface area contributed by atoms with E-state index in [0.29, 0.717) is 0 Å². The van der Waals surface area contributed by atoms with Gasteiger partial charge in [0.25, 0.3) is 0 Å². The molecule has 1 heteroatoms. The summed E-state index contributed by atoms with van der Waals surface area (Å²) in [6, 6.07) is 1.26. The minimum atomic E-state index is -1.31. The van der Waals surface area contributed by atoms with Gasteiger partial charge in [0.15, 0.2) is 0 Å². The van der Waals surface area contributed by atoms with Gasteiger partial charge in [-0.05, 0) is 26.8 Å². The van der Waals surface area contributed by atoms with E-state index in [9.17, 15) is 0 Å². The van der Waals surface area contributed by atoms with E-state index < -0.39 is 8.07 Å². The van der Waals surface area contributed by atoms with Gasteiger partial charge in [-0.25, -0.2) is 0 Å². The van der Waals surface area contributed by atoms with Crippen molar-refractivity contribution in [3.05, 3.63) is 35.3 Å². The highest BCUT2D eigenvalue weighted by molar-refractivity contribution is 6.93. The van der Waals surface area contributed by atoms with Crippen molar-refractivity contribution in [2.45, 2.75) is 33.7 Å². The van der Waals surface area contributed by atoms with E-state index in [1.54, 1.807) is 0 Å². The van der Waals surface area contributed by atoms with E-state index in [1.165, 1.54) is 6.04 Å². The molecule has 0 aliphatic heterocycles. The topological polar surface area (TPSA) is 0 Å². The molecule has 0 heterocycles. The summed E-state index contributed by atoms with van der Waals surface area (Å²) >= 11 is 0. The van der Waals surface area contributed by atoms with Crippen LogP contribution in [0.25, 0.3) is 0 Å². The van der Waals surface area contributed by atoms with Crippen LogP contribution in [-0.2, 0) is 0 Å². The van der Waals surface area contributed by atoms with Crippen molar-refractivity contribution in [1.29, 1.82) is 0 Å². The van der Waals surface area contributed by atoms with Crippen molar-refractivity contribution in [1.82, 2.24) is 0 Å². The third-order valence-corrected chi connectivity index (χ3v) is 6.13. The van der Waals surface area contributed by atoms with E-state index in [1.807, 2.05) is 0 Å². The van der Waals surface area contributed by atoms with Gasteiger partial charge in [-0.1, -0.05) is 42.2 Å². The van der Waals surface area contributed by atoms with Crippen molar-refractivity contribution < 1.29 is 0 Å². The molecule has 0 bridgehead atoms. The van der Waals surface area contributed by atoms with Crippen LogP contribution >= 0.6 is 0 Å². The normalized spacial score (nSPS) is 18.0. The summed E-state index contributed by atoms with van der Waals surface area (Å²) in [6.45, 7) is 8.57. The van der Waals surface area contributed by atoms with Gasteiger partial charge in [0.1, 0.15) is 8.07 Å². The molecular formula is C11H20Si. The average Bonchev–Trinajstić information content (AvgIpc) is 2.06. The largest absolute Gasteiger partial charge is 0.125 e. The Bertz CT molecular complexity index is 156. The van der Waals surface area contributed by atoms with Gasteiger partial charge >= 0.3 is 0 Å². The lowest BCUT2D eigenvalue weighted by molar-refractivity contribution is 1.40. The first-order valence-electron chi connectivity index (χ1n) is 4.66. The van der Waals surface area contributed by atoms with Gasteiger partial charge in [0, 0.05) is 0 Å². The molecule has 0 unspecified atom stereocenters. The van der Waals surface area contributed by atoms with Crippen LogP contribution in [-0.4, -0.2) is 8.07 Å². The zero-order valence-corrected chi connectivity index (χ0v) is 9.67. The van der Waals surface area contributed by atoms with E-state index >= 15 is 0 Å². The molecule has 68 valence electrons. The Morgan fingerprint density at radius 1 is 0.833 bits per heavy atom. The Balaban J connectivity index is 4.74. The summed E-state index contributed by atoms with van der Waals surface area (Å²) in [4.78, 5) is 0. The molecule has 0 nitrogen and oxygen atoms in total. The maximum Gasteiger partial charge on any atom is 0.125 e. The standard InChI is InChI=1S/C11H20Si/c1-5-9-12(8-4,10-6-2)11-7-3/h5-7,9-11H,8H2,1-4H3. The lowest BCUT2D eigenvalue weighted by atomic mass is 10.7. The first kappa shape index (κ1) is 11.4. The summed E-state index contributed by atoms with van der Waals surface area (Å²) in [6.07, 6.45) is 6.53. The molecular weight excluding hydrogens is 160 g/mol. The molecule has 0 rings (SSSR count). The summed E-state index contributed by atoms with van der Waals surface area (Å²) in [5.74, 6) is 0. The van der Waals surface area contributed by atoms with Gasteiger partial charge in [-0.2, -0.15) is 0 Å². The molecule has 12 heavy (non-hydrogen) atoms. The fourth-order valence-corrected chi connectivity index (χ4v) is 4.35.